The van der Waals surface area contributed by atoms with Crippen molar-refractivity contribution in [1.82, 2.24) is 24.9 Å². The molecule has 6 nitrogen and oxygen atoms in total. The maximum Gasteiger partial charge on any atom is 0.244 e. The summed E-state index contributed by atoms with van der Waals surface area (Å²) in [4.78, 5) is 17.6. The van der Waals surface area contributed by atoms with E-state index in [-0.39, 0.29) is 11.9 Å². The number of amides is 1. The van der Waals surface area contributed by atoms with Gasteiger partial charge < -0.3 is 15.1 Å². The smallest absolute Gasteiger partial charge is 0.244 e. The fourth-order valence-corrected chi connectivity index (χ4v) is 4.31. The van der Waals surface area contributed by atoms with Crippen LogP contribution in [-0.4, -0.2) is 65.3 Å². The quantitative estimate of drug-likeness (QED) is 0.882. The van der Waals surface area contributed by atoms with Gasteiger partial charge in [0.15, 0.2) is 0 Å². The van der Waals surface area contributed by atoms with Crippen LogP contribution in [0.2, 0.25) is 0 Å². The summed E-state index contributed by atoms with van der Waals surface area (Å²) in [6, 6.07) is -0.293. The van der Waals surface area contributed by atoms with Crippen molar-refractivity contribution in [2.24, 2.45) is 13.0 Å². The number of likely N-dealkylation sites (N-methyl/N-ethyl adjacent to an activating group) is 1. The molecule has 1 amide bonds. The topological polar surface area (TPSA) is 53.4 Å². The third-order valence-corrected chi connectivity index (χ3v) is 5.74. The zero-order chi connectivity index (χ0) is 17.6. The maximum atomic E-state index is 13.0. The molecule has 25 heavy (non-hydrogen) atoms. The van der Waals surface area contributed by atoms with Crippen LogP contribution < -0.4 is 5.32 Å². The molecule has 1 unspecified atom stereocenters. The Balaban J connectivity index is 1.55. The van der Waals surface area contributed by atoms with E-state index in [1.807, 2.05) is 25.2 Å². The molecule has 1 aromatic rings. The normalized spacial score (nSPS) is 21.9. The Kier molecular flexibility index (Phi) is 6.48. The molecule has 3 rings (SSSR count). The molecule has 1 saturated carbocycles. The van der Waals surface area contributed by atoms with Gasteiger partial charge in [0.2, 0.25) is 5.91 Å². The molecule has 0 bridgehead atoms. The minimum absolute atomic E-state index is 0.176. The molecule has 140 valence electrons. The van der Waals surface area contributed by atoms with Crippen molar-refractivity contribution in [2.75, 3.05) is 39.8 Å². The lowest BCUT2D eigenvalue weighted by molar-refractivity contribution is -0.133. The van der Waals surface area contributed by atoms with E-state index in [9.17, 15) is 4.79 Å². The van der Waals surface area contributed by atoms with Gasteiger partial charge >= 0.3 is 0 Å². The van der Waals surface area contributed by atoms with Gasteiger partial charge in [-0.2, -0.15) is 5.10 Å². The van der Waals surface area contributed by atoms with E-state index in [1.54, 1.807) is 10.9 Å². The van der Waals surface area contributed by atoms with E-state index in [0.717, 1.165) is 44.1 Å². The van der Waals surface area contributed by atoms with Crippen LogP contribution in [0, 0.1) is 5.92 Å². The van der Waals surface area contributed by atoms with Crippen molar-refractivity contribution < 1.29 is 4.79 Å². The van der Waals surface area contributed by atoms with E-state index < -0.39 is 0 Å². The SMILES string of the molecule is CNC(C(=O)N1CCCN(CC2CCCCC2)CC1)c1cnn(C)c1. The zero-order valence-corrected chi connectivity index (χ0v) is 15.8. The summed E-state index contributed by atoms with van der Waals surface area (Å²) in [7, 11) is 3.73. The van der Waals surface area contributed by atoms with E-state index in [4.69, 9.17) is 0 Å². The Hall–Kier alpha value is -1.40. The van der Waals surface area contributed by atoms with Crippen molar-refractivity contribution in [3.63, 3.8) is 0 Å². The molecule has 1 atom stereocenters. The van der Waals surface area contributed by atoms with Crippen LogP contribution in [0.1, 0.15) is 50.1 Å². The first-order valence-corrected chi connectivity index (χ1v) is 9.84. The van der Waals surface area contributed by atoms with Crippen LogP contribution >= 0.6 is 0 Å². The van der Waals surface area contributed by atoms with Crippen molar-refractivity contribution >= 4 is 5.91 Å². The highest BCUT2D eigenvalue weighted by Crippen LogP contribution is 2.25. The number of rotatable bonds is 5. The summed E-state index contributed by atoms with van der Waals surface area (Å²) < 4.78 is 1.75. The average molecular weight is 348 g/mol. The zero-order valence-electron chi connectivity index (χ0n) is 15.8. The molecule has 1 aromatic heterocycles. The summed E-state index contributed by atoms with van der Waals surface area (Å²) in [5, 5.41) is 7.37. The number of carbonyl (C=O) groups is 1. The van der Waals surface area contributed by atoms with Crippen molar-refractivity contribution in [1.29, 1.82) is 0 Å². The first kappa shape index (κ1) is 18.4. The van der Waals surface area contributed by atoms with Gasteiger partial charge in [-0.1, -0.05) is 19.3 Å². The van der Waals surface area contributed by atoms with Gasteiger partial charge in [0, 0.05) is 45.0 Å². The summed E-state index contributed by atoms with van der Waals surface area (Å²) in [6.07, 6.45) is 11.8. The molecule has 6 heteroatoms. The fraction of sp³-hybridized carbons (Fsp3) is 0.789. The minimum Gasteiger partial charge on any atom is -0.340 e. The number of hydrogen-bond acceptors (Lipinski definition) is 4. The third-order valence-electron chi connectivity index (χ3n) is 5.74. The Morgan fingerprint density at radius 2 is 2.00 bits per heavy atom. The lowest BCUT2D eigenvalue weighted by Crippen LogP contribution is -2.42. The Morgan fingerprint density at radius 1 is 1.20 bits per heavy atom. The Morgan fingerprint density at radius 3 is 2.68 bits per heavy atom. The molecule has 0 aromatic carbocycles. The summed E-state index contributed by atoms with van der Waals surface area (Å²) in [5.41, 5.74) is 0.943. The van der Waals surface area contributed by atoms with Gasteiger partial charge in [-0.3, -0.25) is 9.48 Å². The molecule has 1 saturated heterocycles. The second-order valence-corrected chi connectivity index (χ2v) is 7.65. The predicted molar refractivity (Wildman–Crippen MR) is 99.2 cm³/mol. The van der Waals surface area contributed by atoms with Crippen LogP contribution in [0.15, 0.2) is 12.4 Å². The van der Waals surface area contributed by atoms with Gasteiger partial charge in [0.05, 0.1) is 6.20 Å². The number of carbonyl (C=O) groups excluding carboxylic acids is 1. The van der Waals surface area contributed by atoms with Crippen molar-refractivity contribution in [3.05, 3.63) is 18.0 Å². The van der Waals surface area contributed by atoms with Crippen LogP contribution in [0.5, 0.6) is 0 Å². The second-order valence-electron chi connectivity index (χ2n) is 7.65. The standard InChI is InChI=1S/C19H33N5O/c1-20-18(17-13-21-22(2)15-17)19(25)24-10-6-9-23(11-12-24)14-16-7-4-3-5-8-16/h13,15-16,18,20H,3-12,14H2,1-2H3. The summed E-state index contributed by atoms with van der Waals surface area (Å²) in [5.74, 6) is 1.05. The number of nitrogens with one attached hydrogen (secondary N) is 1. The third kappa shape index (κ3) is 4.82. The molecular weight excluding hydrogens is 314 g/mol. The van der Waals surface area contributed by atoms with Gasteiger partial charge in [-0.05, 0) is 38.8 Å². The molecular formula is C19H33N5O. The first-order chi connectivity index (χ1) is 12.2. The number of nitrogens with zero attached hydrogens (tertiary/aromatic N) is 4. The van der Waals surface area contributed by atoms with E-state index in [0.29, 0.717) is 0 Å². The minimum atomic E-state index is -0.293. The van der Waals surface area contributed by atoms with Crippen LogP contribution in [0.25, 0.3) is 0 Å². The monoisotopic (exact) mass is 347 g/mol. The Labute approximate surface area is 151 Å². The van der Waals surface area contributed by atoms with E-state index in [1.165, 1.54) is 38.6 Å². The molecule has 1 aliphatic carbocycles. The second kappa shape index (κ2) is 8.81. The van der Waals surface area contributed by atoms with Gasteiger partial charge in [0.1, 0.15) is 6.04 Å². The molecule has 1 N–H and O–H groups in total. The molecule has 0 spiro atoms. The van der Waals surface area contributed by atoms with E-state index >= 15 is 0 Å². The highest BCUT2D eigenvalue weighted by molar-refractivity contribution is 5.83. The maximum absolute atomic E-state index is 13.0. The number of hydrogen-bond donors (Lipinski definition) is 1. The first-order valence-electron chi connectivity index (χ1n) is 9.84. The highest BCUT2D eigenvalue weighted by Gasteiger charge is 2.28. The predicted octanol–water partition coefficient (Wildman–Crippen LogP) is 1.80. The number of aromatic nitrogens is 2. The average Bonchev–Trinajstić information content (AvgIpc) is 2.91. The van der Waals surface area contributed by atoms with Gasteiger partial charge in [-0.15, -0.1) is 0 Å². The lowest BCUT2D eigenvalue weighted by Gasteiger charge is -2.29. The molecule has 1 aliphatic heterocycles. The Bertz CT molecular complexity index is 552. The lowest BCUT2D eigenvalue weighted by atomic mass is 9.89. The van der Waals surface area contributed by atoms with Crippen molar-refractivity contribution in [3.8, 4) is 0 Å². The molecule has 2 aliphatic rings. The molecule has 2 heterocycles. The van der Waals surface area contributed by atoms with Crippen LogP contribution in [0.3, 0.4) is 0 Å². The van der Waals surface area contributed by atoms with Crippen LogP contribution in [0.4, 0.5) is 0 Å². The van der Waals surface area contributed by atoms with E-state index in [2.05, 4.69) is 15.3 Å². The largest absolute Gasteiger partial charge is 0.340 e. The summed E-state index contributed by atoms with van der Waals surface area (Å²) in [6.45, 7) is 5.05. The fourth-order valence-electron chi connectivity index (χ4n) is 4.31. The number of aryl methyl sites for hydroxylation is 1. The van der Waals surface area contributed by atoms with Gasteiger partial charge in [0.25, 0.3) is 0 Å². The summed E-state index contributed by atoms with van der Waals surface area (Å²) >= 11 is 0. The highest BCUT2D eigenvalue weighted by atomic mass is 16.2. The molecule has 2 fully saturated rings. The van der Waals surface area contributed by atoms with Crippen molar-refractivity contribution in [2.45, 2.75) is 44.6 Å². The van der Waals surface area contributed by atoms with Gasteiger partial charge in [-0.25, -0.2) is 0 Å². The molecule has 0 radical (unpaired) electrons. The van der Waals surface area contributed by atoms with Crippen LogP contribution in [-0.2, 0) is 11.8 Å².